The van der Waals surface area contributed by atoms with Crippen molar-refractivity contribution in [3.63, 3.8) is 0 Å². The van der Waals surface area contributed by atoms with Crippen LogP contribution in [0.1, 0.15) is 22.5 Å². The Bertz CT molecular complexity index is 764. The second-order valence-electron chi connectivity index (χ2n) is 4.60. The second-order valence-corrected chi connectivity index (χ2v) is 4.99. The molecule has 0 unspecified atom stereocenters. The van der Waals surface area contributed by atoms with Crippen LogP contribution >= 0.6 is 11.6 Å². The van der Waals surface area contributed by atoms with Crippen LogP contribution in [0.15, 0.2) is 53.1 Å². The van der Waals surface area contributed by atoms with Crippen molar-refractivity contribution in [2.45, 2.75) is 12.8 Å². The van der Waals surface area contributed by atoms with Crippen molar-refractivity contribution in [2.24, 2.45) is 0 Å². The van der Waals surface area contributed by atoms with Gasteiger partial charge in [0.15, 0.2) is 10.9 Å². The molecule has 0 bridgehead atoms. The predicted molar refractivity (Wildman–Crippen MR) is 78.1 cm³/mol. The zero-order valence-electron chi connectivity index (χ0n) is 10.7. The molecule has 0 saturated carbocycles. The van der Waals surface area contributed by atoms with Crippen molar-refractivity contribution in [1.29, 1.82) is 0 Å². The minimum atomic E-state index is 0.0864. The van der Waals surface area contributed by atoms with Crippen LogP contribution in [0.4, 0.5) is 0 Å². The largest absolute Gasteiger partial charge is 0.360 e. The Labute approximate surface area is 121 Å². The SMILES string of the molecule is O=C(CCc1cc(Cl)no1)c1ccc2ccccc2c1. The fraction of sp³-hybridized carbons (Fsp3) is 0.125. The van der Waals surface area contributed by atoms with E-state index in [9.17, 15) is 4.79 Å². The van der Waals surface area contributed by atoms with Gasteiger partial charge in [0.25, 0.3) is 0 Å². The van der Waals surface area contributed by atoms with E-state index in [1.165, 1.54) is 0 Å². The lowest BCUT2D eigenvalue weighted by Gasteiger charge is -2.02. The van der Waals surface area contributed by atoms with Gasteiger partial charge in [-0.2, -0.15) is 0 Å². The molecule has 100 valence electrons. The van der Waals surface area contributed by atoms with E-state index in [0.717, 1.165) is 10.8 Å². The van der Waals surface area contributed by atoms with E-state index in [1.807, 2.05) is 42.5 Å². The number of hydrogen-bond donors (Lipinski definition) is 0. The van der Waals surface area contributed by atoms with Crippen LogP contribution in [-0.4, -0.2) is 10.9 Å². The van der Waals surface area contributed by atoms with E-state index in [4.69, 9.17) is 16.1 Å². The Morgan fingerprint density at radius 1 is 1.10 bits per heavy atom. The molecular formula is C16H12ClNO2. The maximum absolute atomic E-state index is 12.2. The average molecular weight is 286 g/mol. The molecule has 0 radical (unpaired) electrons. The van der Waals surface area contributed by atoms with Crippen LogP contribution in [0.5, 0.6) is 0 Å². The molecule has 0 amide bonds. The number of benzene rings is 2. The minimum absolute atomic E-state index is 0.0864. The highest BCUT2D eigenvalue weighted by Crippen LogP contribution is 2.18. The summed E-state index contributed by atoms with van der Waals surface area (Å²) in [6, 6.07) is 15.4. The number of ketones is 1. The third-order valence-electron chi connectivity index (χ3n) is 3.20. The van der Waals surface area contributed by atoms with Gasteiger partial charge in [-0.25, -0.2) is 0 Å². The molecule has 3 nitrogen and oxygen atoms in total. The summed E-state index contributed by atoms with van der Waals surface area (Å²) in [6.07, 6.45) is 0.884. The molecule has 0 spiro atoms. The third kappa shape index (κ3) is 2.73. The second kappa shape index (κ2) is 5.47. The van der Waals surface area contributed by atoms with Crippen molar-refractivity contribution in [1.82, 2.24) is 5.16 Å². The first kappa shape index (κ1) is 12.9. The number of aromatic nitrogens is 1. The summed E-state index contributed by atoms with van der Waals surface area (Å²) in [4.78, 5) is 12.2. The van der Waals surface area contributed by atoms with Gasteiger partial charge in [-0.15, -0.1) is 0 Å². The van der Waals surface area contributed by atoms with Gasteiger partial charge in [-0.3, -0.25) is 4.79 Å². The number of carbonyl (C=O) groups is 1. The summed E-state index contributed by atoms with van der Waals surface area (Å²) >= 11 is 5.67. The minimum Gasteiger partial charge on any atom is -0.360 e. The van der Waals surface area contributed by atoms with E-state index in [0.29, 0.717) is 29.3 Å². The van der Waals surface area contributed by atoms with Gasteiger partial charge >= 0.3 is 0 Å². The predicted octanol–water partition coefficient (Wildman–Crippen LogP) is 4.30. The lowest BCUT2D eigenvalue weighted by molar-refractivity contribution is 0.0980. The average Bonchev–Trinajstić information content (AvgIpc) is 2.90. The zero-order valence-corrected chi connectivity index (χ0v) is 11.4. The number of aryl methyl sites for hydroxylation is 1. The van der Waals surface area contributed by atoms with Gasteiger partial charge in [-0.1, -0.05) is 53.2 Å². The van der Waals surface area contributed by atoms with Gasteiger partial charge in [-0.05, 0) is 16.8 Å². The molecule has 3 rings (SSSR count). The molecule has 0 atom stereocenters. The maximum atomic E-state index is 12.2. The van der Waals surface area contributed by atoms with Gasteiger partial charge in [0.05, 0.1) is 0 Å². The molecule has 0 saturated heterocycles. The summed E-state index contributed by atoms with van der Waals surface area (Å²) in [5, 5.41) is 6.11. The summed E-state index contributed by atoms with van der Waals surface area (Å²) in [7, 11) is 0. The molecular weight excluding hydrogens is 274 g/mol. The van der Waals surface area contributed by atoms with E-state index >= 15 is 0 Å². The van der Waals surface area contributed by atoms with Gasteiger partial charge in [0, 0.05) is 24.5 Å². The lowest BCUT2D eigenvalue weighted by Crippen LogP contribution is -2.00. The Hall–Kier alpha value is -2.13. The maximum Gasteiger partial charge on any atom is 0.172 e. The monoisotopic (exact) mass is 285 g/mol. The van der Waals surface area contributed by atoms with Crippen LogP contribution in [0.25, 0.3) is 10.8 Å². The molecule has 20 heavy (non-hydrogen) atoms. The Morgan fingerprint density at radius 2 is 1.90 bits per heavy atom. The molecule has 2 aromatic carbocycles. The normalized spacial score (nSPS) is 10.8. The highest BCUT2D eigenvalue weighted by molar-refractivity contribution is 6.29. The molecule has 0 aliphatic heterocycles. The van der Waals surface area contributed by atoms with Gasteiger partial charge in [0.2, 0.25) is 0 Å². The number of carbonyl (C=O) groups excluding carboxylic acids is 1. The third-order valence-corrected chi connectivity index (χ3v) is 3.38. The molecule has 1 aromatic heterocycles. The van der Waals surface area contributed by atoms with Crippen molar-refractivity contribution >= 4 is 28.2 Å². The fourth-order valence-electron chi connectivity index (χ4n) is 2.15. The van der Waals surface area contributed by atoms with Crippen molar-refractivity contribution in [3.8, 4) is 0 Å². The molecule has 4 heteroatoms. The van der Waals surface area contributed by atoms with E-state index in [1.54, 1.807) is 6.07 Å². The fourth-order valence-corrected chi connectivity index (χ4v) is 2.31. The molecule has 0 aliphatic rings. The Morgan fingerprint density at radius 3 is 2.65 bits per heavy atom. The van der Waals surface area contributed by atoms with Crippen LogP contribution in [-0.2, 0) is 6.42 Å². The van der Waals surface area contributed by atoms with E-state index in [-0.39, 0.29) is 5.78 Å². The molecule has 0 aliphatic carbocycles. The topological polar surface area (TPSA) is 43.1 Å². The van der Waals surface area contributed by atoms with Crippen LogP contribution < -0.4 is 0 Å². The van der Waals surface area contributed by atoms with Gasteiger partial charge in [0.1, 0.15) is 5.76 Å². The highest BCUT2D eigenvalue weighted by Gasteiger charge is 2.09. The first-order valence-corrected chi connectivity index (χ1v) is 6.73. The number of nitrogens with zero attached hydrogens (tertiary/aromatic N) is 1. The van der Waals surface area contributed by atoms with Crippen LogP contribution in [0.3, 0.4) is 0 Å². The van der Waals surface area contributed by atoms with Crippen LogP contribution in [0, 0.1) is 0 Å². The van der Waals surface area contributed by atoms with Crippen molar-refractivity contribution < 1.29 is 9.32 Å². The lowest BCUT2D eigenvalue weighted by atomic mass is 10.0. The quantitative estimate of drug-likeness (QED) is 0.671. The Kier molecular flexibility index (Phi) is 3.52. The summed E-state index contributed by atoms with van der Waals surface area (Å²) in [5.74, 6) is 0.715. The number of hydrogen-bond acceptors (Lipinski definition) is 3. The smallest absolute Gasteiger partial charge is 0.172 e. The first-order chi connectivity index (χ1) is 9.72. The molecule has 1 heterocycles. The number of rotatable bonds is 4. The summed E-state index contributed by atoms with van der Waals surface area (Å²) in [6.45, 7) is 0. The number of halogens is 1. The number of fused-ring (bicyclic) bond motifs is 1. The van der Waals surface area contributed by atoms with Crippen molar-refractivity contribution in [2.75, 3.05) is 0 Å². The molecule has 0 fully saturated rings. The number of Topliss-reactive ketones (excluding diaryl/α,β-unsaturated/α-hetero) is 1. The summed E-state index contributed by atoms with van der Waals surface area (Å²) < 4.78 is 4.99. The summed E-state index contributed by atoms with van der Waals surface area (Å²) in [5.41, 5.74) is 0.717. The highest BCUT2D eigenvalue weighted by atomic mass is 35.5. The van der Waals surface area contributed by atoms with Crippen molar-refractivity contribution in [3.05, 3.63) is 65.0 Å². The standard InChI is InChI=1S/C16H12ClNO2/c17-16-10-14(20-18-16)7-8-15(19)13-6-5-11-3-1-2-4-12(11)9-13/h1-6,9-10H,7-8H2. The molecule has 0 N–H and O–H groups in total. The van der Waals surface area contributed by atoms with E-state index < -0.39 is 0 Å². The Balaban J connectivity index is 1.75. The first-order valence-electron chi connectivity index (χ1n) is 6.35. The van der Waals surface area contributed by atoms with Crippen LogP contribution in [0.2, 0.25) is 5.15 Å². The molecule has 3 aromatic rings. The van der Waals surface area contributed by atoms with Gasteiger partial charge < -0.3 is 4.52 Å². The zero-order chi connectivity index (χ0) is 13.9. The van der Waals surface area contributed by atoms with E-state index in [2.05, 4.69) is 5.16 Å².